The van der Waals surface area contributed by atoms with E-state index in [2.05, 4.69) is 10.6 Å². The second-order valence-corrected chi connectivity index (χ2v) is 9.85. The van der Waals surface area contributed by atoms with E-state index in [1.54, 1.807) is 23.6 Å². The minimum atomic E-state index is -0.229. The van der Waals surface area contributed by atoms with Crippen LogP contribution in [0, 0.1) is 6.92 Å². The van der Waals surface area contributed by atoms with E-state index in [0.717, 1.165) is 38.1 Å². The summed E-state index contributed by atoms with van der Waals surface area (Å²) in [4.78, 5) is 27.9. The standard InChI is InChI=1S/C26H28N4O4S/c1-15-9-17-10-18(7-8-22(17)30(15)26(33)27-2)28-21-6-4-5-16-11-23(35-24(16)21)25(32)29-13-20(34-3)12-19(29)14-31/h4-11,19-20,28,31H,12-14H2,1-3H3,(H,27,33). The Morgan fingerprint density at radius 2 is 2.00 bits per heavy atom. The van der Waals surface area contributed by atoms with Crippen molar-refractivity contribution in [3.63, 3.8) is 0 Å². The summed E-state index contributed by atoms with van der Waals surface area (Å²) in [6.07, 6.45) is 0.583. The number of aromatic nitrogens is 1. The van der Waals surface area contributed by atoms with Gasteiger partial charge >= 0.3 is 6.03 Å². The largest absolute Gasteiger partial charge is 0.394 e. The molecule has 1 aliphatic heterocycles. The van der Waals surface area contributed by atoms with Gasteiger partial charge < -0.3 is 25.4 Å². The summed E-state index contributed by atoms with van der Waals surface area (Å²) >= 11 is 1.44. The molecule has 4 aromatic rings. The number of nitrogens with one attached hydrogen (secondary N) is 2. The number of ether oxygens (including phenoxy) is 1. The van der Waals surface area contributed by atoms with Crippen LogP contribution in [0.15, 0.2) is 48.5 Å². The molecule has 0 aliphatic carbocycles. The van der Waals surface area contributed by atoms with E-state index < -0.39 is 0 Å². The number of fused-ring (bicyclic) bond motifs is 2. The Morgan fingerprint density at radius 1 is 1.17 bits per heavy atom. The average molecular weight is 493 g/mol. The number of carbonyl (C=O) groups is 2. The van der Waals surface area contributed by atoms with Crippen LogP contribution in [0.5, 0.6) is 0 Å². The van der Waals surface area contributed by atoms with Crippen molar-refractivity contribution in [2.24, 2.45) is 0 Å². The summed E-state index contributed by atoms with van der Waals surface area (Å²) in [5.74, 6) is -0.0804. The number of carbonyl (C=O) groups excluding carboxylic acids is 2. The molecule has 2 amide bonds. The van der Waals surface area contributed by atoms with Gasteiger partial charge in [0.1, 0.15) is 0 Å². The first-order valence-corrected chi connectivity index (χ1v) is 12.3. The van der Waals surface area contributed by atoms with Gasteiger partial charge in [-0.1, -0.05) is 12.1 Å². The van der Waals surface area contributed by atoms with Gasteiger partial charge in [-0.2, -0.15) is 0 Å². The highest BCUT2D eigenvalue weighted by Crippen LogP contribution is 2.36. The van der Waals surface area contributed by atoms with Crippen molar-refractivity contribution in [2.75, 3.05) is 32.6 Å². The molecule has 5 rings (SSSR count). The third-order valence-corrected chi connectivity index (χ3v) is 7.79. The monoisotopic (exact) mass is 492 g/mol. The van der Waals surface area contributed by atoms with Crippen LogP contribution >= 0.6 is 11.3 Å². The molecule has 2 aromatic carbocycles. The predicted molar refractivity (Wildman–Crippen MR) is 139 cm³/mol. The molecular formula is C26H28N4O4S. The second kappa shape index (κ2) is 9.33. The highest BCUT2D eigenvalue weighted by atomic mass is 32.1. The predicted octanol–water partition coefficient (Wildman–Crippen LogP) is 4.32. The summed E-state index contributed by atoms with van der Waals surface area (Å²) in [7, 11) is 3.25. The van der Waals surface area contributed by atoms with Gasteiger partial charge in [0.2, 0.25) is 0 Å². The van der Waals surface area contributed by atoms with Crippen molar-refractivity contribution >= 4 is 55.6 Å². The van der Waals surface area contributed by atoms with Crippen LogP contribution in [-0.2, 0) is 4.74 Å². The molecule has 2 aromatic heterocycles. The van der Waals surface area contributed by atoms with Crippen molar-refractivity contribution in [3.8, 4) is 0 Å². The lowest BCUT2D eigenvalue weighted by atomic mass is 10.2. The molecule has 2 atom stereocenters. The molecule has 3 heterocycles. The highest BCUT2D eigenvalue weighted by Gasteiger charge is 2.36. The molecule has 0 spiro atoms. The first-order chi connectivity index (χ1) is 16.9. The number of nitrogens with zero attached hydrogens (tertiary/aromatic N) is 2. The molecule has 0 bridgehead atoms. The Labute approximate surface area is 207 Å². The topological polar surface area (TPSA) is 95.8 Å². The number of hydrogen-bond acceptors (Lipinski definition) is 6. The number of hydrogen-bond donors (Lipinski definition) is 3. The van der Waals surface area contributed by atoms with Crippen molar-refractivity contribution in [2.45, 2.75) is 25.5 Å². The molecule has 1 aliphatic rings. The zero-order chi connectivity index (χ0) is 24.7. The van der Waals surface area contributed by atoms with Gasteiger partial charge in [0.05, 0.1) is 39.5 Å². The van der Waals surface area contributed by atoms with Crippen molar-refractivity contribution in [1.82, 2.24) is 14.8 Å². The van der Waals surface area contributed by atoms with E-state index in [9.17, 15) is 14.7 Å². The van der Waals surface area contributed by atoms with Crippen LogP contribution in [0.3, 0.4) is 0 Å². The van der Waals surface area contributed by atoms with Gasteiger partial charge in [-0.25, -0.2) is 4.79 Å². The van der Waals surface area contributed by atoms with Gasteiger partial charge in [0.25, 0.3) is 5.91 Å². The lowest BCUT2D eigenvalue weighted by Crippen LogP contribution is -2.37. The number of anilines is 2. The number of methoxy groups -OCH3 is 1. The molecule has 3 N–H and O–H groups in total. The molecule has 8 nitrogen and oxygen atoms in total. The SMILES string of the molecule is CNC(=O)n1c(C)cc2cc(Nc3cccc4cc(C(=O)N5CC(OC)CC5CO)sc34)ccc21. The Kier molecular flexibility index (Phi) is 6.22. The van der Waals surface area contributed by atoms with Crippen LogP contribution < -0.4 is 10.6 Å². The summed E-state index contributed by atoms with van der Waals surface area (Å²) in [6, 6.07) is 15.3. The zero-order valence-electron chi connectivity index (χ0n) is 19.9. The van der Waals surface area contributed by atoms with Crippen LogP contribution in [0.1, 0.15) is 21.8 Å². The summed E-state index contributed by atoms with van der Waals surface area (Å²) < 4.78 is 8.07. The molecule has 1 fully saturated rings. The average Bonchev–Trinajstić information content (AvgIpc) is 3.57. The number of amides is 2. The number of thiophene rings is 1. The van der Waals surface area contributed by atoms with Crippen LogP contribution in [0.4, 0.5) is 16.2 Å². The Hall–Kier alpha value is -3.40. The maximum absolute atomic E-state index is 13.3. The molecule has 0 saturated carbocycles. The van der Waals surface area contributed by atoms with E-state index in [-0.39, 0.29) is 30.7 Å². The number of aliphatic hydroxyl groups excluding tert-OH is 1. The van der Waals surface area contributed by atoms with Crippen molar-refractivity contribution < 1.29 is 19.4 Å². The molecule has 9 heteroatoms. The molecular weight excluding hydrogens is 464 g/mol. The highest BCUT2D eigenvalue weighted by molar-refractivity contribution is 7.21. The Morgan fingerprint density at radius 3 is 2.74 bits per heavy atom. The molecule has 1 saturated heterocycles. The quantitative estimate of drug-likeness (QED) is 0.386. The van der Waals surface area contributed by atoms with E-state index >= 15 is 0 Å². The maximum atomic E-state index is 13.3. The van der Waals surface area contributed by atoms with Crippen molar-refractivity contribution in [1.29, 1.82) is 0 Å². The van der Waals surface area contributed by atoms with Crippen LogP contribution in [0.2, 0.25) is 0 Å². The van der Waals surface area contributed by atoms with E-state index in [1.165, 1.54) is 11.3 Å². The van der Waals surface area contributed by atoms with E-state index in [1.807, 2.05) is 55.5 Å². The molecule has 2 unspecified atom stereocenters. The number of aliphatic hydroxyl groups is 1. The molecule has 182 valence electrons. The fourth-order valence-electron chi connectivity index (χ4n) is 4.84. The molecule has 35 heavy (non-hydrogen) atoms. The number of rotatable bonds is 5. The van der Waals surface area contributed by atoms with Gasteiger partial charge in [0.15, 0.2) is 0 Å². The second-order valence-electron chi connectivity index (χ2n) is 8.80. The Balaban J connectivity index is 1.44. The number of likely N-dealkylation sites (tertiary alicyclic amines) is 1. The van der Waals surface area contributed by atoms with E-state index in [0.29, 0.717) is 17.8 Å². The minimum absolute atomic E-state index is 0.0560. The summed E-state index contributed by atoms with van der Waals surface area (Å²) in [5.41, 5.74) is 3.50. The lowest BCUT2D eigenvalue weighted by Gasteiger charge is -2.21. The Bertz CT molecular complexity index is 1430. The number of aryl methyl sites for hydroxylation is 1. The fraction of sp³-hybridized carbons (Fsp3) is 0.308. The first kappa shape index (κ1) is 23.3. The normalized spacial score (nSPS) is 17.9. The summed E-state index contributed by atoms with van der Waals surface area (Å²) in [5, 5.41) is 17.9. The minimum Gasteiger partial charge on any atom is -0.394 e. The number of benzene rings is 2. The van der Waals surface area contributed by atoms with E-state index in [4.69, 9.17) is 4.74 Å². The first-order valence-electron chi connectivity index (χ1n) is 11.5. The maximum Gasteiger partial charge on any atom is 0.325 e. The van der Waals surface area contributed by atoms with Gasteiger partial charge in [-0.3, -0.25) is 9.36 Å². The van der Waals surface area contributed by atoms with Gasteiger partial charge in [0, 0.05) is 37.5 Å². The van der Waals surface area contributed by atoms with Gasteiger partial charge in [-0.05, 0) is 55.1 Å². The smallest absolute Gasteiger partial charge is 0.325 e. The zero-order valence-corrected chi connectivity index (χ0v) is 20.7. The summed E-state index contributed by atoms with van der Waals surface area (Å²) in [6.45, 7) is 2.31. The van der Waals surface area contributed by atoms with Crippen LogP contribution in [-0.4, -0.2) is 66.0 Å². The lowest BCUT2D eigenvalue weighted by molar-refractivity contribution is 0.0652. The van der Waals surface area contributed by atoms with Gasteiger partial charge in [-0.15, -0.1) is 11.3 Å². The fourth-order valence-corrected chi connectivity index (χ4v) is 5.93. The third kappa shape index (κ3) is 4.16. The van der Waals surface area contributed by atoms with Crippen LogP contribution in [0.25, 0.3) is 21.0 Å². The molecule has 0 radical (unpaired) electrons. The third-order valence-electron chi connectivity index (χ3n) is 6.62. The van der Waals surface area contributed by atoms with Crippen molar-refractivity contribution in [3.05, 3.63) is 59.1 Å².